The lowest BCUT2D eigenvalue weighted by Gasteiger charge is -2.18. The smallest absolute Gasteiger partial charge is 0.0208 e. The van der Waals surface area contributed by atoms with Gasteiger partial charge in [-0.15, -0.1) is 0 Å². The molecule has 1 N–H and O–H groups in total. The fourth-order valence-electron chi connectivity index (χ4n) is 2.07. The second kappa shape index (κ2) is 7.24. The Labute approximate surface area is 99.6 Å². The zero-order chi connectivity index (χ0) is 11.8. The predicted molar refractivity (Wildman–Crippen MR) is 72.5 cm³/mol. The van der Waals surface area contributed by atoms with E-state index in [0.717, 1.165) is 13.1 Å². The van der Waals surface area contributed by atoms with Crippen molar-refractivity contribution in [3.63, 3.8) is 0 Å². The third kappa shape index (κ3) is 4.19. The molecule has 1 rings (SSSR count). The van der Waals surface area contributed by atoms with Gasteiger partial charge in [-0.3, -0.25) is 0 Å². The molecule has 88 valence electrons. The van der Waals surface area contributed by atoms with Crippen LogP contribution in [0.15, 0.2) is 48.1 Å². The number of rotatable bonds is 6. The summed E-state index contributed by atoms with van der Waals surface area (Å²) < 4.78 is 0. The van der Waals surface area contributed by atoms with Crippen molar-refractivity contribution in [3.8, 4) is 0 Å². The van der Waals surface area contributed by atoms with Gasteiger partial charge >= 0.3 is 0 Å². The first kappa shape index (κ1) is 13.0. The first-order chi connectivity index (χ1) is 7.77. The third-order valence-corrected chi connectivity index (χ3v) is 3.15. The molecule has 16 heavy (non-hydrogen) atoms. The molecule has 0 bridgehead atoms. The van der Waals surface area contributed by atoms with Crippen LogP contribution in [0.2, 0.25) is 0 Å². The number of nitrogens with one attached hydrogen (secondary N) is 1. The Balaban J connectivity index is 2.37. The summed E-state index contributed by atoms with van der Waals surface area (Å²) in [5, 5.41) is 3.48. The molecular weight excluding hydrogens is 194 g/mol. The van der Waals surface area contributed by atoms with E-state index in [2.05, 4.69) is 25.4 Å². The number of hydrogen-bond acceptors (Lipinski definition) is 1. The maximum atomic E-state index is 3.79. The molecule has 0 spiro atoms. The van der Waals surface area contributed by atoms with Gasteiger partial charge in [0.05, 0.1) is 0 Å². The Bertz CT molecular complexity index is 307. The Hall–Kier alpha value is -1.08. The van der Waals surface area contributed by atoms with E-state index in [4.69, 9.17) is 0 Å². The van der Waals surface area contributed by atoms with Crippen LogP contribution < -0.4 is 5.32 Å². The number of allylic oxidation sites excluding steroid dienone is 3. The van der Waals surface area contributed by atoms with Crippen molar-refractivity contribution in [2.45, 2.75) is 32.6 Å². The van der Waals surface area contributed by atoms with E-state index in [9.17, 15) is 0 Å². The topological polar surface area (TPSA) is 12.0 Å². The fourth-order valence-corrected chi connectivity index (χ4v) is 2.07. The van der Waals surface area contributed by atoms with Gasteiger partial charge in [0.15, 0.2) is 0 Å². The molecule has 0 saturated carbocycles. The van der Waals surface area contributed by atoms with Crippen LogP contribution in [-0.2, 0) is 0 Å². The van der Waals surface area contributed by atoms with Gasteiger partial charge in [-0.05, 0) is 38.2 Å². The summed E-state index contributed by atoms with van der Waals surface area (Å²) in [6.07, 6.45) is 11.0. The molecule has 0 atom stereocenters. The highest BCUT2D eigenvalue weighted by Gasteiger charge is 2.08. The molecule has 0 aromatic heterocycles. The first-order valence-corrected chi connectivity index (χ1v) is 6.10. The van der Waals surface area contributed by atoms with Gasteiger partial charge in [-0.2, -0.15) is 0 Å². The molecule has 0 amide bonds. The zero-order valence-electron chi connectivity index (χ0n) is 10.4. The van der Waals surface area contributed by atoms with E-state index in [-0.39, 0.29) is 0 Å². The lowest BCUT2D eigenvalue weighted by Crippen LogP contribution is -2.21. The lowest BCUT2D eigenvalue weighted by molar-refractivity contribution is 0.638. The summed E-state index contributed by atoms with van der Waals surface area (Å²) in [5.41, 5.74) is 4.39. The molecule has 0 fully saturated rings. The van der Waals surface area contributed by atoms with E-state index in [1.54, 1.807) is 11.1 Å². The molecule has 0 radical (unpaired) electrons. The van der Waals surface area contributed by atoms with E-state index in [0.29, 0.717) is 0 Å². The molecule has 1 aliphatic rings. The summed E-state index contributed by atoms with van der Waals surface area (Å²) >= 11 is 0. The van der Waals surface area contributed by atoms with Gasteiger partial charge in [0, 0.05) is 13.1 Å². The van der Waals surface area contributed by atoms with Crippen LogP contribution in [0.1, 0.15) is 32.6 Å². The standard InChI is InChI=1S/C15H23N/c1-4-8-14(5-2)11-16-12-15-10-7-6-9-13(15)3/h4-5,8,16H,1-2,6-7,9-12H2,3H3/b14-8+. The highest BCUT2D eigenvalue weighted by Crippen LogP contribution is 2.23. The number of hydrogen-bond donors (Lipinski definition) is 1. The van der Waals surface area contributed by atoms with Crippen LogP contribution >= 0.6 is 0 Å². The van der Waals surface area contributed by atoms with Gasteiger partial charge < -0.3 is 5.32 Å². The maximum absolute atomic E-state index is 3.79. The molecule has 0 unspecified atom stereocenters. The van der Waals surface area contributed by atoms with Crippen molar-refractivity contribution in [3.05, 3.63) is 48.1 Å². The Morgan fingerprint density at radius 2 is 2.06 bits per heavy atom. The summed E-state index contributed by atoms with van der Waals surface area (Å²) in [7, 11) is 0. The second-order valence-corrected chi connectivity index (χ2v) is 4.38. The molecule has 1 aliphatic carbocycles. The monoisotopic (exact) mass is 217 g/mol. The highest BCUT2D eigenvalue weighted by atomic mass is 14.8. The van der Waals surface area contributed by atoms with Crippen molar-refractivity contribution in [2.24, 2.45) is 0 Å². The van der Waals surface area contributed by atoms with Crippen LogP contribution in [0.5, 0.6) is 0 Å². The van der Waals surface area contributed by atoms with E-state index in [1.807, 2.05) is 18.2 Å². The van der Waals surface area contributed by atoms with E-state index < -0.39 is 0 Å². The molecule has 1 nitrogen and oxygen atoms in total. The van der Waals surface area contributed by atoms with E-state index in [1.165, 1.54) is 31.3 Å². The van der Waals surface area contributed by atoms with Crippen molar-refractivity contribution in [1.82, 2.24) is 5.32 Å². The van der Waals surface area contributed by atoms with Crippen molar-refractivity contribution in [2.75, 3.05) is 13.1 Å². The van der Waals surface area contributed by atoms with Crippen LogP contribution in [0, 0.1) is 0 Å². The summed E-state index contributed by atoms with van der Waals surface area (Å²) in [6.45, 7) is 11.7. The predicted octanol–water partition coefficient (Wildman–Crippen LogP) is 3.76. The van der Waals surface area contributed by atoms with Crippen molar-refractivity contribution in [1.29, 1.82) is 0 Å². The van der Waals surface area contributed by atoms with Crippen LogP contribution in [0.4, 0.5) is 0 Å². The normalized spacial score (nSPS) is 17.4. The average Bonchev–Trinajstić information content (AvgIpc) is 2.30. The molecular formula is C15H23N. The first-order valence-electron chi connectivity index (χ1n) is 6.10. The largest absolute Gasteiger partial charge is 0.309 e. The van der Waals surface area contributed by atoms with Gasteiger partial charge in [-0.25, -0.2) is 0 Å². The SMILES string of the molecule is C=C/C=C(\C=C)CNCC1=C(C)CCCC1. The third-order valence-electron chi connectivity index (χ3n) is 3.15. The molecule has 1 heteroatoms. The molecule has 0 saturated heterocycles. The summed E-state index contributed by atoms with van der Waals surface area (Å²) in [5.74, 6) is 0. The summed E-state index contributed by atoms with van der Waals surface area (Å²) in [4.78, 5) is 0. The van der Waals surface area contributed by atoms with Crippen LogP contribution in [-0.4, -0.2) is 13.1 Å². The fraction of sp³-hybridized carbons (Fsp3) is 0.467. The van der Waals surface area contributed by atoms with Crippen LogP contribution in [0.3, 0.4) is 0 Å². The molecule has 0 aromatic carbocycles. The Morgan fingerprint density at radius 3 is 2.69 bits per heavy atom. The minimum atomic E-state index is 0.881. The van der Waals surface area contributed by atoms with Gasteiger partial charge in [0.2, 0.25) is 0 Å². The second-order valence-electron chi connectivity index (χ2n) is 4.38. The summed E-state index contributed by atoms with van der Waals surface area (Å²) in [6, 6.07) is 0. The van der Waals surface area contributed by atoms with E-state index >= 15 is 0 Å². The zero-order valence-corrected chi connectivity index (χ0v) is 10.4. The van der Waals surface area contributed by atoms with Gasteiger partial charge in [-0.1, -0.05) is 42.5 Å². The molecule has 0 aromatic rings. The van der Waals surface area contributed by atoms with Crippen molar-refractivity contribution < 1.29 is 0 Å². The molecule has 0 heterocycles. The highest BCUT2D eigenvalue weighted by molar-refractivity contribution is 5.23. The quantitative estimate of drug-likeness (QED) is 0.527. The van der Waals surface area contributed by atoms with Crippen LogP contribution in [0.25, 0.3) is 0 Å². The minimum absolute atomic E-state index is 0.881. The molecule has 0 aliphatic heterocycles. The van der Waals surface area contributed by atoms with Gasteiger partial charge in [0.25, 0.3) is 0 Å². The Kier molecular flexibility index (Phi) is 5.87. The lowest BCUT2D eigenvalue weighted by atomic mass is 9.93. The minimum Gasteiger partial charge on any atom is -0.309 e. The van der Waals surface area contributed by atoms with Crippen molar-refractivity contribution >= 4 is 0 Å². The van der Waals surface area contributed by atoms with Gasteiger partial charge in [0.1, 0.15) is 0 Å². The Morgan fingerprint density at radius 1 is 1.31 bits per heavy atom. The maximum Gasteiger partial charge on any atom is 0.0208 e. The average molecular weight is 217 g/mol.